The number of halogens is 2. The molecule has 2 aromatic rings. The van der Waals surface area contributed by atoms with E-state index in [0.717, 1.165) is 20.3 Å². The average molecular weight is 371 g/mol. The number of carbonyl (C=O) groups excluding carboxylic acids is 1. The predicted molar refractivity (Wildman–Crippen MR) is 77.8 cm³/mol. The summed E-state index contributed by atoms with van der Waals surface area (Å²) >= 11 is 6.86. The van der Waals surface area contributed by atoms with Gasteiger partial charge in [-0.15, -0.1) is 0 Å². The van der Waals surface area contributed by atoms with Crippen LogP contribution in [0.25, 0.3) is 17.4 Å². The molecule has 0 radical (unpaired) electrons. The van der Waals surface area contributed by atoms with E-state index in [0.29, 0.717) is 5.76 Å². The van der Waals surface area contributed by atoms with Gasteiger partial charge in [0, 0.05) is 20.6 Å². The molecular formula is C13H9Br2NO2. The SMILES string of the molecule is NC(=O)/C=C/c1ccc(-c2ccc(Br)cc2Br)o1. The molecule has 0 saturated heterocycles. The maximum Gasteiger partial charge on any atom is 0.241 e. The molecule has 2 rings (SSSR count). The van der Waals surface area contributed by atoms with Crippen molar-refractivity contribution >= 4 is 43.8 Å². The molecule has 0 atom stereocenters. The third kappa shape index (κ3) is 3.11. The second-order valence-corrected chi connectivity index (χ2v) is 5.33. The molecule has 2 N–H and O–H groups in total. The fraction of sp³-hybridized carbons (Fsp3) is 0. The lowest BCUT2D eigenvalue weighted by molar-refractivity contribution is -0.113. The molecule has 0 saturated carbocycles. The van der Waals surface area contributed by atoms with Gasteiger partial charge in [-0.05, 0) is 52.3 Å². The molecule has 1 aromatic carbocycles. The first-order chi connectivity index (χ1) is 8.56. The van der Waals surface area contributed by atoms with Crippen LogP contribution in [0, 0.1) is 0 Å². The summed E-state index contributed by atoms with van der Waals surface area (Å²) in [5.41, 5.74) is 5.96. The van der Waals surface area contributed by atoms with Crippen LogP contribution in [0.3, 0.4) is 0 Å². The molecule has 1 amide bonds. The van der Waals surface area contributed by atoms with Gasteiger partial charge in [-0.25, -0.2) is 0 Å². The first-order valence-electron chi connectivity index (χ1n) is 5.09. The van der Waals surface area contributed by atoms with Crippen molar-refractivity contribution < 1.29 is 9.21 Å². The third-order valence-corrected chi connectivity index (χ3v) is 3.38. The Kier molecular flexibility index (Phi) is 4.04. The number of nitrogens with two attached hydrogens (primary N) is 1. The van der Waals surface area contributed by atoms with Gasteiger partial charge in [0.05, 0.1) is 0 Å². The van der Waals surface area contributed by atoms with E-state index in [2.05, 4.69) is 31.9 Å². The van der Waals surface area contributed by atoms with Gasteiger partial charge in [0.15, 0.2) is 0 Å². The normalized spacial score (nSPS) is 11.0. The maximum atomic E-state index is 10.6. The Hall–Kier alpha value is -1.33. The lowest BCUT2D eigenvalue weighted by atomic mass is 10.2. The Morgan fingerprint density at radius 1 is 1.22 bits per heavy atom. The van der Waals surface area contributed by atoms with E-state index in [-0.39, 0.29) is 0 Å². The molecule has 1 aromatic heterocycles. The first kappa shape index (κ1) is 13.1. The van der Waals surface area contributed by atoms with E-state index in [1.165, 1.54) is 6.08 Å². The maximum absolute atomic E-state index is 10.6. The summed E-state index contributed by atoms with van der Waals surface area (Å²) < 4.78 is 7.51. The quantitative estimate of drug-likeness (QED) is 0.831. The topological polar surface area (TPSA) is 56.2 Å². The van der Waals surface area contributed by atoms with Gasteiger partial charge in [0.1, 0.15) is 11.5 Å². The molecule has 18 heavy (non-hydrogen) atoms. The third-order valence-electron chi connectivity index (χ3n) is 2.24. The summed E-state index contributed by atoms with van der Waals surface area (Å²) in [6, 6.07) is 9.44. The molecule has 1 heterocycles. The van der Waals surface area contributed by atoms with E-state index >= 15 is 0 Å². The zero-order chi connectivity index (χ0) is 13.1. The van der Waals surface area contributed by atoms with Crippen LogP contribution in [-0.4, -0.2) is 5.91 Å². The molecule has 5 heteroatoms. The van der Waals surface area contributed by atoms with Gasteiger partial charge >= 0.3 is 0 Å². The minimum absolute atomic E-state index is 0.502. The lowest BCUT2D eigenvalue weighted by Gasteiger charge is -2.01. The number of carbonyl (C=O) groups is 1. The van der Waals surface area contributed by atoms with Crippen molar-refractivity contribution in [3.63, 3.8) is 0 Å². The van der Waals surface area contributed by atoms with Crippen LogP contribution >= 0.6 is 31.9 Å². The second-order valence-electron chi connectivity index (χ2n) is 3.56. The van der Waals surface area contributed by atoms with Crippen LogP contribution in [-0.2, 0) is 4.79 Å². The monoisotopic (exact) mass is 369 g/mol. The summed E-state index contributed by atoms with van der Waals surface area (Å²) in [6.45, 7) is 0. The molecule has 3 nitrogen and oxygen atoms in total. The van der Waals surface area contributed by atoms with Crippen LogP contribution in [0.2, 0.25) is 0 Å². The van der Waals surface area contributed by atoms with E-state index in [4.69, 9.17) is 10.2 Å². The highest BCUT2D eigenvalue weighted by molar-refractivity contribution is 9.11. The van der Waals surface area contributed by atoms with Gasteiger partial charge in [0.25, 0.3) is 0 Å². The molecule has 0 fully saturated rings. The van der Waals surface area contributed by atoms with E-state index in [9.17, 15) is 4.79 Å². The Labute approximate surface area is 121 Å². The summed E-state index contributed by atoms with van der Waals surface area (Å²) in [5.74, 6) is 0.801. The summed E-state index contributed by atoms with van der Waals surface area (Å²) in [7, 11) is 0. The van der Waals surface area contributed by atoms with Crippen LogP contribution in [0.5, 0.6) is 0 Å². The molecule has 0 unspecified atom stereocenters. The molecule has 0 aliphatic carbocycles. The zero-order valence-electron chi connectivity index (χ0n) is 9.19. The van der Waals surface area contributed by atoms with Gasteiger partial charge in [-0.2, -0.15) is 0 Å². The van der Waals surface area contributed by atoms with Crippen molar-refractivity contribution in [1.29, 1.82) is 0 Å². The van der Waals surface area contributed by atoms with Crippen LogP contribution in [0.15, 0.2) is 49.8 Å². The number of amides is 1. The van der Waals surface area contributed by atoms with Gasteiger partial charge in [0.2, 0.25) is 5.91 Å². The number of hydrogen-bond acceptors (Lipinski definition) is 2. The van der Waals surface area contributed by atoms with Crippen molar-refractivity contribution in [1.82, 2.24) is 0 Å². The van der Waals surface area contributed by atoms with Crippen LogP contribution in [0.1, 0.15) is 5.76 Å². The van der Waals surface area contributed by atoms with Crippen molar-refractivity contribution in [3.05, 3.63) is 51.1 Å². The van der Waals surface area contributed by atoms with E-state index in [1.807, 2.05) is 24.3 Å². The van der Waals surface area contributed by atoms with E-state index < -0.39 is 5.91 Å². The van der Waals surface area contributed by atoms with Crippen molar-refractivity contribution in [2.45, 2.75) is 0 Å². The molecule has 0 aliphatic heterocycles. The van der Waals surface area contributed by atoms with Gasteiger partial charge in [-0.1, -0.05) is 15.9 Å². The van der Waals surface area contributed by atoms with E-state index in [1.54, 1.807) is 12.1 Å². The van der Waals surface area contributed by atoms with Crippen LogP contribution < -0.4 is 5.73 Å². The molecule has 0 bridgehead atoms. The fourth-order valence-corrected chi connectivity index (χ4v) is 2.68. The molecule has 0 spiro atoms. The average Bonchev–Trinajstić information content (AvgIpc) is 2.75. The predicted octanol–water partition coefficient (Wildman–Crippen LogP) is 3.97. The Bertz CT molecular complexity index is 617. The minimum Gasteiger partial charge on any atom is -0.457 e. The largest absolute Gasteiger partial charge is 0.457 e. The highest BCUT2D eigenvalue weighted by Crippen LogP contribution is 2.32. The second kappa shape index (κ2) is 5.54. The number of furan rings is 1. The van der Waals surface area contributed by atoms with Gasteiger partial charge in [-0.3, -0.25) is 4.79 Å². The standard InChI is InChI=1S/C13H9Br2NO2/c14-8-1-4-10(11(15)7-8)12-5-2-9(18-12)3-6-13(16)17/h1-7H,(H2,16,17)/b6-3+. The van der Waals surface area contributed by atoms with Crippen molar-refractivity contribution in [2.75, 3.05) is 0 Å². The number of benzene rings is 1. The molecule has 0 aliphatic rings. The zero-order valence-corrected chi connectivity index (χ0v) is 12.4. The summed E-state index contributed by atoms with van der Waals surface area (Å²) in [5, 5.41) is 0. The van der Waals surface area contributed by atoms with Crippen molar-refractivity contribution in [3.8, 4) is 11.3 Å². The molecular weight excluding hydrogens is 362 g/mol. The Morgan fingerprint density at radius 2 is 2.00 bits per heavy atom. The minimum atomic E-state index is -0.502. The highest BCUT2D eigenvalue weighted by atomic mass is 79.9. The highest BCUT2D eigenvalue weighted by Gasteiger charge is 2.07. The molecule has 92 valence electrons. The summed E-state index contributed by atoms with van der Waals surface area (Å²) in [4.78, 5) is 10.6. The number of hydrogen-bond donors (Lipinski definition) is 1. The van der Waals surface area contributed by atoms with Gasteiger partial charge < -0.3 is 10.2 Å². The smallest absolute Gasteiger partial charge is 0.241 e. The Morgan fingerprint density at radius 3 is 2.67 bits per heavy atom. The van der Waals surface area contributed by atoms with Crippen LogP contribution in [0.4, 0.5) is 0 Å². The number of primary amides is 1. The van der Waals surface area contributed by atoms with Crippen molar-refractivity contribution in [2.24, 2.45) is 5.73 Å². The lowest BCUT2D eigenvalue weighted by Crippen LogP contribution is -2.04. The number of rotatable bonds is 3. The fourth-order valence-electron chi connectivity index (χ4n) is 1.44. The first-order valence-corrected chi connectivity index (χ1v) is 6.67. The Balaban J connectivity index is 2.32. The summed E-state index contributed by atoms with van der Waals surface area (Å²) in [6.07, 6.45) is 2.80.